The minimum atomic E-state index is -0.740. The molecule has 0 fully saturated rings. The van der Waals surface area contributed by atoms with Gasteiger partial charge in [0.1, 0.15) is 0 Å². The average molecular weight is 432 g/mol. The molecule has 2 aromatic carbocycles. The van der Waals surface area contributed by atoms with E-state index in [1.165, 1.54) is 0 Å². The standard InChI is InChI=1S/2C6H5.2ClH.Pb/c2*1-2-4-6-5-3-1;;;/h2*1-5H;2*1H;/q;;;;+2/p-2. The van der Waals surface area contributed by atoms with Crippen LogP contribution in [-0.4, -0.2) is 24.2 Å². The first-order valence-electron chi connectivity index (χ1n) is 4.32. The summed E-state index contributed by atoms with van der Waals surface area (Å²) >= 11 is -0.740. The van der Waals surface area contributed by atoms with Crippen molar-refractivity contribution in [3.8, 4) is 0 Å². The van der Waals surface area contributed by atoms with Gasteiger partial charge in [0.25, 0.3) is 0 Å². The first-order valence-corrected chi connectivity index (χ1v) is 8.21. The maximum atomic E-state index is 2.25. The van der Waals surface area contributed by atoms with Gasteiger partial charge < -0.3 is 24.8 Å². The molecule has 0 unspecified atom stereocenters. The van der Waals surface area contributed by atoms with E-state index in [0.717, 1.165) is 0 Å². The summed E-state index contributed by atoms with van der Waals surface area (Å²) in [6.07, 6.45) is 0. The fourth-order valence-corrected chi connectivity index (χ4v) is 5.30. The molecule has 0 heterocycles. The van der Waals surface area contributed by atoms with Gasteiger partial charge in [-0.1, -0.05) is 0 Å². The molecule has 3 heteroatoms. The third-order valence-corrected chi connectivity index (χ3v) is 6.67. The zero-order valence-corrected chi connectivity index (χ0v) is 13.4. The third-order valence-electron chi connectivity index (χ3n) is 1.84. The first kappa shape index (κ1) is 14.9. The summed E-state index contributed by atoms with van der Waals surface area (Å²) in [6.45, 7) is 0. The molecule has 2 rings (SSSR count). The van der Waals surface area contributed by atoms with Crippen LogP contribution in [0.15, 0.2) is 60.7 Å². The zero-order valence-electron chi connectivity index (χ0n) is 8.03. The number of halogens is 2. The molecule has 0 N–H and O–H groups in total. The molecule has 76 valence electrons. The van der Waals surface area contributed by atoms with Gasteiger partial charge in [-0.15, -0.1) is 0 Å². The van der Waals surface area contributed by atoms with E-state index < -0.39 is 24.2 Å². The monoisotopic (exact) mass is 432 g/mol. The SMILES string of the molecule is [Cl-].[Cl-].c1cc[c]([Pb+2][c]2ccccc2)cc1. The van der Waals surface area contributed by atoms with Crippen LogP contribution in [0.25, 0.3) is 0 Å². The third kappa shape index (κ3) is 5.00. The molecule has 0 atom stereocenters. The van der Waals surface area contributed by atoms with Gasteiger partial charge in [0.15, 0.2) is 0 Å². The molecular formula is C12H10Cl2Pb. The fraction of sp³-hybridized carbons (Fsp3) is 0. The second-order valence-electron chi connectivity index (χ2n) is 2.86. The Hall–Kier alpha value is -0.0579. The molecule has 0 radical (unpaired) electrons. The van der Waals surface area contributed by atoms with Crippen LogP contribution < -0.4 is 31.1 Å². The van der Waals surface area contributed by atoms with Crippen molar-refractivity contribution in [2.45, 2.75) is 0 Å². The maximum absolute atomic E-state index is 2.25. The van der Waals surface area contributed by atoms with Crippen LogP contribution in [0.4, 0.5) is 0 Å². The van der Waals surface area contributed by atoms with Crippen LogP contribution in [-0.2, 0) is 0 Å². The van der Waals surface area contributed by atoms with E-state index >= 15 is 0 Å². The van der Waals surface area contributed by atoms with Crippen LogP contribution in [0, 0.1) is 0 Å². The van der Waals surface area contributed by atoms with Crippen molar-refractivity contribution in [3.05, 3.63) is 60.7 Å². The molecule has 2 aromatic rings. The van der Waals surface area contributed by atoms with E-state index in [2.05, 4.69) is 60.7 Å². The zero-order chi connectivity index (χ0) is 8.93. The molecule has 15 heavy (non-hydrogen) atoms. The van der Waals surface area contributed by atoms with Crippen LogP contribution in [0.3, 0.4) is 0 Å². The summed E-state index contributed by atoms with van der Waals surface area (Å²) in [5, 5.41) is 0. The van der Waals surface area contributed by atoms with Gasteiger partial charge in [-0.2, -0.15) is 0 Å². The summed E-state index contributed by atoms with van der Waals surface area (Å²) < 4.78 is 3.13. The summed E-state index contributed by atoms with van der Waals surface area (Å²) in [5.41, 5.74) is 0. The van der Waals surface area contributed by atoms with E-state index in [0.29, 0.717) is 0 Å². The Bertz CT molecular complexity index is 324. The molecule has 0 aromatic heterocycles. The molecule has 0 aliphatic rings. The van der Waals surface area contributed by atoms with Gasteiger partial charge in [0.05, 0.1) is 0 Å². The second-order valence-corrected chi connectivity index (χ2v) is 8.32. The molecule has 0 bridgehead atoms. The van der Waals surface area contributed by atoms with Crippen LogP contribution >= 0.6 is 0 Å². The van der Waals surface area contributed by atoms with Gasteiger partial charge in [-0.05, 0) is 0 Å². The number of benzene rings is 2. The second kappa shape index (κ2) is 8.14. The summed E-state index contributed by atoms with van der Waals surface area (Å²) in [4.78, 5) is 0. The molecule has 0 saturated heterocycles. The predicted octanol–water partition coefficient (Wildman–Crippen LogP) is -4.65. The Morgan fingerprint density at radius 2 is 0.867 bits per heavy atom. The Balaban J connectivity index is 0.000000980. The average Bonchev–Trinajstić information content (AvgIpc) is 2.21. The van der Waals surface area contributed by atoms with Gasteiger partial charge in [-0.25, -0.2) is 0 Å². The van der Waals surface area contributed by atoms with Crippen LogP contribution in [0.1, 0.15) is 0 Å². The normalized spacial score (nSPS) is 8.00. The van der Waals surface area contributed by atoms with Crippen molar-refractivity contribution >= 4 is 30.5 Å². The van der Waals surface area contributed by atoms with Crippen molar-refractivity contribution in [1.29, 1.82) is 0 Å². The number of rotatable bonds is 2. The van der Waals surface area contributed by atoms with Gasteiger partial charge in [0, 0.05) is 0 Å². The van der Waals surface area contributed by atoms with E-state index in [1.54, 1.807) is 6.25 Å². The molecule has 0 nitrogen and oxygen atoms in total. The van der Waals surface area contributed by atoms with Crippen LogP contribution in [0.2, 0.25) is 0 Å². The summed E-state index contributed by atoms with van der Waals surface area (Å²) in [5.74, 6) is 0. The first-order chi connectivity index (χ1) is 6.45. The molecule has 0 aliphatic carbocycles. The molecule has 0 spiro atoms. The topological polar surface area (TPSA) is 0 Å². The van der Waals surface area contributed by atoms with Crippen molar-refractivity contribution in [2.24, 2.45) is 0 Å². The fourth-order valence-electron chi connectivity index (χ4n) is 1.21. The van der Waals surface area contributed by atoms with Crippen LogP contribution in [0.5, 0.6) is 0 Å². The van der Waals surface area contributed by atoms with Gasteiger partial charge in [-0.3, -0.25) is 0 Å². The Labute approximate surface area is 115 Å². The molecular weight excluding hydrogens is 422 g/mol. The molecule has 0 saturated carbocycles. The Morgan fingerprint density at radius 1 is 0.533 bits per heavy atom. The molecule has 0 aliphatic heterocycles. The number of hydrogen-bond donors (Lipinski definition) is 0. The van der Waals surface area contributed by atoms with Crippen molar-refractivity contribution in [2.75, 3.05) is 0 Å². The van der Waals surface area contributed by atoms with E-state index in [1.807, 2.05) is 0 Å². The summed E-state index contributed by atoms with van der Waals surface area (Å²) in [6, 6.07) is 21.7. The summed E-state index contributed by atoms with van der Waals surface area (Å²) in [7, 11) is 0. The van der Waals surface area contributed by atoms with Gasteiger partial charge in [0.2, 0.25) is 0 Å². The van der Waals surface area contributed by atoms with Gasteiger partial charge >= 0.3 is 91.1 Å². The van der Waals surface area contributed by atoms with E-state index in [-0.39, 0.29) is 24.8 Å². The van der Waals surface area contributed by atoms with E-state index in [9.17, 15) is 0 Å². The number of hydrogen-bond acceptors (Lipinski definition) is 0. The minimum absolute atomic E-state index is 0. The quantitative estimate of drug-likeness (QED) is 0.419. The van der Waals surface area contributed by atoms with Crippen molar-refractivity contribution in [1.82, 2.24) is 0 Å². The predicted molar refractivity (Wildman–Crippen MR) is 57.9 cm³/mol. The van der Waals surface area contributed by atoms with E-state index in [4.69, 9.17) is 0 Å². The van der Waals surface area contributed by atoms with Crippen molar-refractivity contribution < 1.29 is 24.8 Å². The Kier molecular flexibility index (Phi) is 8.10. The molecule has 0 amide bonds. The van der Waals surface area contributed by atoms with Crippen molar-refractivity contribution in [3.63, 3.8) is 0 Å². The Morgan fingerprint density at radius 3 is 1.20 bits per heavy atom.